The summed E-state index contributed by atoms with van der Waals surface area (Å²) in [5.41, 5.74) is 0. The Morgan fingerprint density at radius 2 is 2.00 bits per heavy atom. The van der Waals surface area contributed by atoms with E-state index in [1.54, 1.807) is 0 Å². The molecule has 6 nitrogen and oxygen atoms in total. The van der Waals surface area contributed by atoms with Crippen LogP contribution in [0, 0.1) is 0 Å². The van der Waals surface area contributed by atoms with Crippen LogP contribution in [0.5, 0.6) is 0 Å². The summed E-state index contributed by atoms with van der Waals surface area (Å²) in [4.78, 5) is 20.8. The Labute approximate surface area is 85.2 Å². The average molecular weight is 225 g/mol. The second-order valence-electron chi connectivity index (χ2n) is 2.15. The smallest absolute Gasteiger partial charge is 0.504 e. The van der Waals surface area contributed by atoms with Gasteiger partial charge in [0, 0.05) is 0 Å². The van der Waals surface area contributed by atoms with E-state index in [-0.39, 0.29) is 35.8 Å². The van der Waals surface area contributed by atoms with Crippen LogP contribution in [0.2, 0.25) is 0 Å². The van der Waals surface area contributed by atoms with Crippen molar-refractivity contribution in [2.45, 2.75) is 6.42 Å². The molecule has 0 bridgehead atoms. The zero-order chi connectivity index (χ0) is 9.14. The number of carbonyl (C=O) groups excluding carboxylic acids is 1. The number of halogens is 1. The summed E-state index contributed by atoms with van der Waals surface area (Å²) in [5, 5.41) is 17.0. The van der Waals surface area contributed by atoms with Gasteiger partial charge in [-0.05, 0) is 12.2 Å². The van der Waals surface area contributed by atoms with Crippen molar-refractivity contribution in [1.29, 1.82) is 0 Å². The minimum absolute atomic E-state index is 0. The first-order chi connectivity index (χ1) is 5.59. The quantitative estimate of drug-likeness (QED) is 0.632. The molecule has 0 heterocycles. The third kappa shape index (κ3) is 3.92. The van der Waals surface area contributed by atoms with E-state index in [9.17, 15) is 9.59 Å². The molecular formula is C7H9ClO6. The van der Waals surface area contributed by atoms with E-state index in [4.69, 9.17) is 10.2 Å². The first-order valence-corrected chi connectivity index (χ1v) is 3.13. The molecule has 0 aromatic rings. The molecule has 0 spiro atoms. The van der Waals surface area contributed by atoms with Crippen molar-refractivity contribution in [2.75, 3.05) is 0 Å². The van der Waals surface area contributed by atoms with Crippen molar-refractivity contribution in [3.8, 4) is 0 Å². The topological polar surface area (TPSA) is 115 Å². The van der Waals surface area contributed by atoms with Gasteiger partial charge in [-0.1, -0.05) is 0 Å². The summed E-state index contributed by atoms with van der Waals surface area (Å²) in [5.74, 6) is -0.910. The first kappa shape index (κ1) is 15.0. The van der Waals surface area contributed by atoms with Gasteiger partial charge >= 0.3 is 6.16 Å². The second kappa shape index (κ2) is 6.01. The van der Waals surface area contributed by atoms with Crippen LogP contribution in [0.3, 0.4) is 0 Å². The second-order valence-corrected chi connectivity index (χ2v) is 2.15. The maximum atomic E-state index is 10.8. The first-order valence-electron chi connectivity index (χ1n) is 3.13. The Morgan fingerprint density at radius 1 is 1.43 bits per heavy atom. The Kier molecular flexibility index (Phi) is 6.42. The number of rotatable bonds is 1. The van der Waals surface area contributed by atoms with E-state index in [1.807, 2.05) is 0 Å². The third-order valence-corrected chi connectivity index (χ3v) is 1.27. The third-order valence-electron chi connectivity index (χ3n) is 1.27. The molecule has 80 valence electrons. The highest BCUT2D eigenvalue weighted by Gasteiger charge is 2.17. The normalized spacial score (nSPS) is 14.1. The molecule has 0 unspecified atom stereocenters. The van der Waals surface area contributed by atoms with E-state index in [0.29, 0.717) is 0 Å². The van der Waals surface area contributed by atoms with Crippen molar-refractivity contribution in [2.24, 2.45) is 0 Å². The van der Waals surface area contributed by atoms with E-state index in [0.717, 1.165) is 6.08 Å². The molecule has 0 fully saturated rings. The number of hydrogen-bond donors (Lipinski definition) is 2. The lowest BCUT2D eigenvalue weighted by Gasteiger charge is -2.07. The Bertz CT molecular complexity index is 289. The standard InChI is InChI=1S/C7H6O5.ClH.H2O/c8-5-2-1-4(3-6(5)9)12-7(10)11;;/h1-2,8H,3H2,(H,10,11);1H;1H2. The molecule has 0 aromatic heterocycles. The van der Waals surface area contributed by atoms with Crippen LogP contribution in [0.1, 0.15) is 6.42 Å². The zero-order valence-electron chi connectivity index (χ0n) is 6.89. The molecule has 0 amide bonds. The summed E-state index contributed by atoms with van der Waals surface area (Å²) >= 11 is 0. The molecule has 0 saturated heterocycles. The largest absolute Gasteiger partial charge is 0.511 e. The van der Waals surface area contributed by atoms with Gasteiger partial charge in [-0.3, -0.25) is 4.79 Å². The molecule has 0 radical (unpaired) electrons. The Balaban J connectivity index is 0. The number of carbonyl (C=O) groups is 2. The van der Waals surface area contributed by atoms with Gasteiger partial charge in [-0.15, -0.1) is 12.4 Å². The van der Waals surface area contributed by atoms with Crippen molar-refractivity contribution < 1.29 is 30.0 Å². The van der Waals surface area contributed by atoms with Crippen LogP contribution in [-0.2, 0) is 9.53 Å². The lowest BCUT2D eigenvalue weighted by molar-refractivity contribution is -0.117. The molecule has 14 heavy (non-hydrogen) atoms. The highest BCUT2D eigenvalue weighted by Crippen LogP contribution is 2.14. The lowest BCUT2D eigenvalue weighted by atomic mass is 10.1. The molecule has 0 aromatic carbocycles. The number of ketones is 1. The number of hydrogen-bond acceptors (Lipinski definition) is 4. The maximum absolute atomic E-state index is 10.8. The van der Waals surface area contributed by atoms with E-state index >= 15 is 0 Å². The lowest BCUT2D eigenvalue weighted by Crippen LogP contribution is -2.11. The van der Waals surface area contributed by atoms with Crippen LogP contribution in [0.15, 0.2) is 23.7 Å². The average Bonchev–Trinajstić information content (AvgIpc) is 1.96. The molecule has 1 aliphatic carbocycles. The minimum Gasteiger partial charge on any atom is -0.504 e. The maximum Gasteiger partial charge on any atom is 0.511 e. The Hall–Kier alpha value is -1.53. The van der Waals surface area contributed by atoms with Gasteiger partial charge in [0.2, 0.25) is 5.78 Å². The van der Waals surface area contributed by atoms with Gasteiger partial charge in [0.1, 0.15) is 5.76 Å². The Morgan fingerprint density at radius 3 is 2.43 bits per heavy atom. The van der Waals surface area contributed by atoms with E-state index in [1.165, 1.54) is 6.08 Å². The summed E-state index contributed by atoms with van der Waals surface area (Å²) < 4.78 is 4.21. The van der Waals surface area contributed by atoms with Crippen molar-refractivity contribution in [3.05, 3.63) is 23.7 Å². The van der Waals surface area contributed by atoms with Gasteiger partial charge in [0.15, 0.2) is 5.76 Å². The fourth-order valence-corrected chi connectivity index (χ4v) is 0.755. The van der Waals surface area contributed by atoms with Crippen molar-refractivity contribution in [3.63, 3.8) is 0 Å². The van der Waals surface area contributed by atoms with Crippen LogP contribution in [0.4, 0.5) is 4.79 Å². The highest BCUT2D eigenvalue weighted by atomic mass is 35.5. The minimum atomic E-state index is -1.47. The fourth-order valence-electron chi connectivity index (χ4n) is 0.755. The molecular weight excluding hydrogens is 216 g/mol. The molecule has 1 rings (SSSR count). The number of aliphatic hydroxyl groups is 1. The van der Waals surface area contributed by atoms with Gasteiger partial charge < -0.3 is 20.4 Å². The fraction of sp³-hybridized carbons (Fsp3) is 0.143. The van der Waals surface area contributed by atoms with Crippen LogP contribution >= 0.6 is 12.4 Å². The predicted octanol–water partition coefficient (Wildman–Crippen LogP) is 0.577. The van der Waals surface area contributed by atoms with Crippen molar-refractivity contribution in [1.82, 2.24) is 0 Å². The van der Waals surface area contributed by atoms with E-state index in [2.05, 4.69) is 4.74 Å². The van der Waals surface area contributed by atoms with Crippen LogP contribution in [-0.4, -0.2) is 27.6 Å². The van der Waals surface area contributed by atoms with Crippen molar-refractivity contribution >= 4 is 24.3 Å². The van der Waals surface area contributed by atoms with Gasteiger partial charge in [0.25, 0.3) is 0 Å². The SMILES string of the molecule is Cl.O.O=C(O)OC1=CC=C(O)C(=O)C1. The highest BCUT2D eigenvalue weighted by molar-refractivity contribution is 5.96. The van der Waals surface area contributed by atoms with Gasteiger partial charge in [0.05, 0.1) is 6.42 Å². The van der Waals surface area contributed by atoms with Gasteiger partial charge in [-0.25, -0.2) is 4.79 Å². The van der Waals surface area contributed by atoms with Crippen LogP contribution in [0.25, 0.3) is 0 Å². The number of Topliss-reactive ketones (excluding diaryl/α,β-unsaturated/α-hetero) is 1. The monoisotopic (exact) mass is 224 g/mol. The molecule has 0 saturated carbocycles. The predicted molar refractivity (Wildman–Crippen MR) is 48.4 cm³/mol. The summed E-state index contributed by atoms with van der Waals surface area (Å²) in [6.07, 6.45) is 0.660. The summed E-state index contributed by atoms with van der Waals surface area (Å²) in [7, 11) is 0. The number of aliphatic hydroxyl groups excluding tert-OH is 1. The summed E-state index contributed by atoms with van der Waals surface area (Å²) in [6.45, 7) is 0. The molecule has 7 heteroatoms. The summed E-state index contributed by atoms with van der Waals surface area (Å²) in [6, 6.07) is 0. The van der Waals surface area contributed by atoms with Crippen LogP contribution < -0.4 is 0 Å². The number of ether oxygens (including phenoxy) is 1. The molecule has 0 aliphatic heterocycles. The molecule has 1 aliphatic rings. The number of allylic oxidation sites excluding steroid dienone is 4. The molecule has 0 atom stereocenters. The zero-order valence-corrected chi connectivity index (χ0v) is 7.71. The number of carboxylic acid groups (broad SMARTS) is 1. The molecule has 4 N–H and O–H groups in total. The van der Waals surface area contributed by atoms with E-state index < -0.39 is 11.9 Å². The van der Waals surface area contributed by atoms with Gasteiger partial charge in [-0.2, -0.15) is 0 Å².